The van der Waals surface area contributed by atoms with E-state index in [0.29, 0.717) is 16.6 Å². The maximum Gasteiger partial charge on any atom is 0.226 e. The molecule has 26 heavy (non-hydrogen) atoms. The largest absolute Gasteiger partial charge is 0.504 e. The number of hydrogen-bond donors (Lipinski definition) is 2. The number of ether oxygens (including phenoxy) is 1. The average molecular weight is 370 g/mol. The van der Waals surface area contributed by atoms with E-state index in [1.807, 2.05) is 16.7 Å². The fourth-order valence-electron chi connectivity index (χ4n) is 3.19. The third-order valence-corrected chi connectivity index (χ3v) is 4.74. The molecule has 0 saturated carbocycles. The summed E-state index contributed by atoms with van der Waals surface area (Å²) in [4.78, 5) is 16.9. The molecule has 3 aromatic rings. The first kappa shape index (κ1) is 16.5. The summed E-state index contributed by atoms with van der Waals surface area (Å²) in [6, 6.07) is 12.4. The maximum atomic E-state index is 12.3. The van der Waals surface area contributed by atoms with Crippen LogP contribution in [0.3, 0.4) is 0 Å². The summed E-state index contributed by atoms with van der Waals surface area (Å²) in [6.45, 7) is 0. The van der Waals surface area contributed by atoms with E-state index in [0.717, 1.165) is 16.9 Å². The van der Waals surface area contributed by atoms with Crippen LogP contribution in [0.15, 0.2) is 48.8 Å². The summed E-state index contributed by atoms with van der Waals surface area (Å²) < 4.78 is 7.02. The van der Waals surface area contributed by atoms with Gasteiger partial charge >= 0.3 is 0 Å². The maximum absolute atomic E-state index is 12.3. The third kappa shape index (κ3) is 2.78. The van der Waals surface area contributed by atoms with Crippen molar-refractivity contribution in [1.29, 1.82) is 0 Å². The number of rotatable bonds is 3. The van der Waals surface area contributed by atoms with Crippen LogP contribution in [-0.2, 0) is 4.79 Å². The molecule has 1 amide bonds. The van der Waals surface area contributed by atoms with Gasteiger partial charge in [-0.3, -0.25) is 9.36 Å². The zero-order valence-electron chi connectivity index (χ0n) is 13.9. The van der Waals surface area contributed by atoms with Crippen molar-refractivity contribution in [2.75, 3.05) is 12.4 Å². The van der Waals surface area contributed by atoms with Crippen LogP contribution in [0.25, 0.3) is 5.69 Å². The Balaban J connectivity index is 1.80. The van der Waals surface area contributed by atoms with E-state index >= 15 is 0 Å². The minimum absolute atomic E-state index is 0.0587. The highest BCUT2D eigenvalue weighted by Crippen LogP contribution is 2.39. The molecule has 0 fully saturated rings. The van der Waals surface area contributed by atoms with E-state index in [4.69, 9.17) is 16.3 Å². The van der Waals surface area contributed by atoms with Crippen LogP contribution in [0.1, 0.15) is 23.6 Å². The van der Waals surface area contributed by atoms with E-state index in [1.165, 1.54) is 7.11 Å². The second kappa shape index (κ2) is 6.38. The summed E-state index contributed by atoms with van der Waals surface area (Å²) in [5.74, 6) is 0.753. The lowest BCUT2D eigenvalue weighted by molar-refractivity contribution is -0.116. The van der Waals surface area contributed by atoms with Crippen LogP contribution in [0.5, 0.6) is 11.5 Å². The van der Waals surface area contributed by atoms with Crippen molar-refractivity contribution in [2.24, 2.45) is 0 Å². The minimum atomic E-state index is -0.221. The number of carbonyl (C=O) groups excluding carboxylic acids is 1. The summed E-state index contributed by atoms with van der Waals surface area (Å²) in [5, 5.41) is 13.4. The van der Waals surface area contributed by atoms with Gasteiger partial charge in [-0.05, 0) is 42.0 Å². The molecule has 132 valence electrons. The van der Waals surface area contributed by atoms with Crippen molar-refractivity contribution >= 4 is 23.3 Å². The lowest BCUT2D eigenvalue weighted by atomic mass is 9.89. The van der Waals surface area contributed by atoms with E-state index in [2.05, 4.69) is 10.3 Å². The molecule has 0 saturated heterocycles. The number of aromatic nitrogens is 2. The molecule has 0 spiro atoms. The second-order valence-corrected chi connectivity index (χ2v) is 6.50. The molecule has 4 rings (SSSR count). The molecule has 0 bridgehead atoms. The van der Waals surface area contributed by atoms with Crippen molar-refractivity contribution in [3.63, 3.8) is 0 Å². The number of halogens is 1. The van der Waals surface area contributed by atoms with Crippen LogP contribution < -0.4 is 10.1 Å². The zero-order chi connectivity index (χ0) is 18.3. The van der Waals surface area contributed by atoms with Gasteiger partial charge in [-0.1, -0.05) is 17.7 Å². The number of imidazole rings is 1. The van der Waals surface area contributed by atoms with Crippen LogP contribution in [0, 0.1) is 0 Å². The van der Waals surface area contributed by atoms with E-state index in [9.17, 15) is 9.90 Å². The molecule has 2 heterocycles. The fourth-order valence-corrected chi connectivity index (χ4v) is 3.32. The number of carbonyl (C=O) groups is 1. The van der Waals surface area contributed by atoms with Crippen LogP contribution in [-0.4, -0.2) is 27.7 Å². The first-order valence-corrected chi connectivity index (χ1v) is 8.44. The van der Waals surface area contributed by atoms with E-state index < -0.39 is 0 Å². The molecule has 0 aliphatic carbocycles. The van der Waals surface area contributed by atoms with Gasteiger partial charge in [0.2, 0.25) is 5.91 Å². The number of phenolic OH excluding ortho intramolecular Hbond substituents is 1. The van der Waals surface area contributed by atoms with Gasteiger partial charge in [-0.25, -0.2) is 4.98 Å². The highest BCUT2D eigenvalue weighted by atomic mass is 35.5. The number of hydrogen-bond acceptors (Lipinski definition) is 4. The summed E-state index contributed by atoms with van der Waals surface area (Å²) >= 11 is 5.96. The molecule has 1 aliphatic rings. The number of phenols is 1. The molecular formula is C19H16ClN3O3. The predicted molar refractivity (Wildman–Crippen MR) is 98.3 cm³/mol. The van der Waals surface area contributed by atoms with Gasteiger partial charge in [-0.15, -0.1) is 0 Å². The van der Waals surface area contributed by atoms with Gasteiger partial charge in [0, 0.05) is 23.0 Å². The first-order valence-electron chi connectivity index (χ1n) is 8.06. The first-order chi connectivity index (χ1) is 12.6. The molecule has 7 heteroatoms. The van der Waals surface area contributed by atoms with Gasteiger partial charge in [0.15, 0.2) is 11.5 Å². The number of nitrogens with one attached hydrogen (secondary N) is 1. The van der Waals surface area contributed by atoms with Gasteiger partial charge in [-0.2, -0.15) is 0 Å². The van der Waals surface area contributed by atoms with E-state index in [-0.39, 0.29) is 24.0 Å². The van der Waals surface area contributed by atoms with E-state index in [1.54, 1.807) is 36.7 Å². The molecule has 2 N–H and O–H groups in total. The normalized spacial score (nSPS) is 16.1. The van der Waals surface area contributed by atoms with Gasteiger partial charge in [0.1, 0.15) is 12.1 Å². The Hall–Kier alpha value is -2.99. The van der Waals surface area contributed by atoms with Crippen LogP contribution >= 0.6 is 11.6 Å². The highest BCUT2D eigenvalue weighted by molar-refractivity contribution is 6.30. The molecule has 1 aliphatic heterocycles. The highest BCUT2D eigenvalue weighted by Gasteiger charge is 2.31. The summed E-state index contributed by atoms with van der Waals surface area (Å²) in [7, 11) is 1.49. The van der Waals surface area contributed by atoms with Crippen molar-refractivity contribution in [3.8, 4) is 17.2 Å². The van der Waals surface area contributed by atoms with Gasteiger partial charge in [0.25, 0.3) is 0 Å². The number of amides is 1. The smallest absolute Gasteiger partial charge is 0.226 e. The number of methoxy groups -OCH3 is 1. The Morgan fingerprint density at radius 1 is 1.27 bits per heavy atom. The SMILES string of the molecule is COc1cc([C@H]2CC(=O)Nc3c2ncn3-c2ccc(Cl)cc2)ccc1O. The molecule has 0 unspecified atom stereocenters. The Morgan fingerprint density at radius 2 is 2.04 bits per heavy atom. The molecule has 2 aromatic carbocycles. The Bertz CT molecular complexity index is 982. The molecule has 1 aromatic heterocycles. The Kier molecular flexibility index (Phi) is 4.05. The average Bonchev–Trinajstić information content (AvgIpc) is 3.06. The minimum Gasteiger partial charge on any atom is -0.504 e. The second-order valence-electron chi connectivity index (χ2n) is 6.06. The number of anilines is 1. The lowest BCUT2D eigenvalue weighted by Crippen LogP contribution is -2.24. The van der Waals surface area contributed by atoms with Gasteiger partial charge < -0.3 is 15.2 Å². The topological polar surface area (TPSA) is 76.4 Å². The Morgan fingerprint density at radius 3 is 2.77 bits per heavy atom. The molecule has 1 atom stereocenters. The number of benzene rings is 2. The lowest BCUT2D eigenvalue weighted by Gasteiger charge is -2.23. The molecular weight excluding hydrogens is 354 g/mol. The monoisotopic (exact) mass is 369 g/mol. The van der Waals surface area contributed by atoms with Crippen molar-refractivity contribution < 1.29 is 14.6 Å². The predicted octanol–water partition coefficient (Wildman–Crippen LogP) is 3.71. The number of nitrogens with zero attached hydrogens (tertiary/aromatic N) is 2. The zero-order valence-corrected chi connectivity index (χ0v) is 14.7. The van der Waals surface area contributed by atoms with Crippen LogP contribution in [0.4, 0.5) is 5.82 Å². The number of fused-ring (bicyclic) bond motifs is 1. The van der Waals surface area contributed by atoms with Crippen molar-refractivity contribution in [1.82, 2.24) is 9.55 Å². The standard InChI is InChI=1S/C19H16ClN3O3/c1-26-16-8-11(2-7-15(16)24)14-9-17(25)22-19-18(14)21-10-23(19)13-5-3-12(20)4-6-13/h2-8,10,14,24H,9H2,1H3,(H,22,25)/t14-/m1/s1. The third-order valence-electron chi connectivity index (χ3n) is 4.48. The fraction of sp³-hybridized carbons (Fsp3) is 0.158. The molecule has 0 radical (unpaired) electrons. The Labute approximate surface area is 155 Å². The van der Waals surface area contributed by atoms with Crippen molar-refractivity contribution in [2.45, 2.75) is 12.3 Å². The van der Waals surface area contributed by atoms with Crippen molar-refractivity contribution in [3.05, 3.63) is 65.1 Å². The molecule has 6 nitrogen and oxygen atoms in total. The summed E-state index contributed by atoms with van der Waals surface area (Å²) in [5.41, 5.74) is 2.48. The van der Waals surface area contributed by atoms with Crippen LogP contribution in [0.2, 0.25) is 5.02 Å². The summed E-state index contributed by atoms with van der Waals surface area (Å²) in [6.07, 6.45) is 1.96. The number of aromatic hydroxyl groups is 1. The quantitative estimate of drug-likeness (QED) is 0.737. The van der Waals surface area contributed by atoms with Gasteiger partial charge in [0.05, 0.1) is 12.8 Å².